The fraction of sp³-hybridized carbons (Fsp3) is 0.375. The third-order valence-corrected chi connectivity index (χ3v) is 8.85. The lowest BCUT2D eigenvalue weighted by molar-refractivity contribution is -0.140. The molecule has 0 heterocycles. The van der Waals surface area contributed by atoms with Crippen molar-refractivity contribution in [3.05, 3.63) is 95.6 Å². The van der Waals surface area contributed by atoms with Crippen molar-refractivity contribution in [2.75, 3.05) is 17.4 Å². The number of amides is 2. The highest BCUT2D eigenvalue weighted by atomic mass is 32.2. The zero-order valence-corrected chi connectivity index (χ0v) is 24.8. The Hall–Kier alpha value is -3.65. The zero-order valence-electron chi connectivity index (χ0n) is 24.0. The van der Waals surface area contributed by atoms with Gasteiger partial charge in [0.05, 0.1) is 10.6 Å². The number of hydrogen-bond acceptors (Lipinski definition) is 4. The molecule has 3 aromatic carbocycles. The Morgan fingerprint density at radius 1 is 0.875 bits per heavy atom. The number of benzene rings is 3. The van der Waals surface area contributed by atoms with E-state index >= 15 is 0 Å². The van der Waals surface area contributed by atoms with Crippen LogP contribution in [0.4, 0.5) is 5.69 Å². The molecule has 1 unspecified atom stereocenters. The smallest absolute Gasteiger partial charge is 0.264 e. The van der Waals surface area contributed by atoms with E-state index in [1.165, 1.54) is 17.0 Å². The highest BCUT2D eigenvalue weighted by molar-refractivity contribution is 7.92. The van der Waals surface area contributed by atoms with Crippen molar-refractivity contribution >= 4 is 27.5 Å². The minimum absolute atomic E-state index is 0.0946. The molecular formula is C32H41N3O4S. The monoisotopic (exact) mass is 563 g/mol. The van der Waals surface area contributed by atoms with Crippen LogP contribution in [0.15, 0.2) is 83.8 Å². The molecule has 0 radical (unpaired) electrons. The Morgan fingerprint density at radius 3 is 2.12 bits per heavy atom. The number of carbonyl (C=O) groups excluding carboxylic acids is 2. The number of anilines is 1. The van der Waals surface area contributed by atoms with Gasteiger partial charge in [-0.05, 0) is 67.1 Å². The van der Waals surface area contributed by atoms with Gasteiger partial charge in [-0.15, -0.1) is 0 Å². The summed E-state index contributed by atoms with van der Waals surface area (Å²) < 4.78 is 28.9. The Balaban J connectivity index is 2.03. The second-order valence-corrected chi connectivity index (χ2v) is 11.7. The van der Waals surface area contributed by atoms with E-state index in [9.17, 15) is 18.0 Å². The topological polar surface area (TPSA) is 86.8 Å². The SMILES string of the molecule is CCCCNC(=O)C(CC)N(Cc1ccccc1C)C(=O)CN(c1ccc(CC)cc1)S(=O)(=O)c1ccccc1. The molecule has 40 heavy (non-hydrogen) atoms. The molecule has 0 fully saturated rings. The van der Waals surface area contributed by atoms with Crippen molar-refractivity contribution in [1.29, 1.82) is 0 Å². The van der Waals surface area contributed by atoms with Crippen LogP contribution in [0.1, 0.15) is 56.7 Å². The predicted molar refractivity (Wildman–Crippen MR) is 161 cm³/mol. The van der Waals surface area contributed by atoms with Crippen LogP contribution in [0.25, 0.3) is 0 Å². The molecule has 0 saturated heterocycles. The molecule has 0 aliphatic rings. The number of aryl methyl sites for hydroxylation is 2. The largest absolute Gasteiger partial charge is 0.354 e. The molecular weight excluding hydrogens is 522 g/mol. The molecule has 0 aliphatic carbocycles. The van der Waals surface area contributed by atoms with E-state index in [1.807, 2.05) is 64.1 Å². The minimum Gasteiger partial charge on any atom is -0.354 e. The van der Waals surface area contributed by atoms with E-state index < -0.39 is 28.5 Å². The number of nitrogens with zero attached hydrogens (tertiary/aromatic N) is 2. The average Bonchev–Trinajstić information content (AvgIpc) is 2.97. The second-order valence-electron chi connectivity index (χ2n) is 9.86. The quantitative estimate of drug-likeness (QED) is 0.263. The standard InChI is InChI=1S/C32H41N3O4S/c1-5-8-22-33-32(37)30(7-3)34(23-27-15-13-12-14-25(27)4)31(36)24-35(28-20-18-26(6-2)19-21-28)40(38,39)29-16-10-9-11-17-29/h9-21,30H,5-8,22-24H2,1-4H3,(H,33,37). The number of carbonyl (C=O) groups is 2. The van der Waals surface area contributed by atoms with Crippen molar-refractivity contribution in [3.63, 3.8) is 0 Å². The molecule has 0 aliphatic heterocycles. The Bertz CT molecular complexity index is 1360. The molecule has 8 heteroatoms. The van der Waals surface area contributed by atoms with Gasteiger partial charge < -0.3 is 10.2 Å². The molecule has 214 valence electrons. The Kier molecular flexibility index (Phi) is 11.3. The van der Waals surface area contributed by atoms with Gasteiger partial charge in [-0.25, -0.2) is 8.42 Å². The van der Waals surface area contributed by atoms with Gasteiger partial charge in [0.2, 0.25) is 11.8 Å². The van der Waals surface area contributed by atoms with Crippen molar-refractivity contribution in [2.45, 2.75) is 70.9 Å². The van der Waals surface area contributed by atoms with Crippen LogP contribution in [0.3, 0.4) is 0 Å². The van der Waals surface area contributed by atoms with Gasteiger partial charge in [0.1, 0.15) is 12.6 Å². The minimum atomic E-state index is -4.07. The maximum atomic E-state index is 14.1. The number of hydrogen-bond donors (Lipinski definition) is 1. The molecule has 3 rings (SSSR count). The third-order valence-electron chi connectivity index (χ3n) is 7.06. The first-order valence-electron chi connectivity index (χ1n) is 14.0. The summed E-state index contributed by atoms with van der Waals surface area (Å²) in [4.78, 5) is 29.0. The summed E-state index contributed by atoms with van der Waals surface area (Å²) in [6.45, 7) is 8.18. The van der Waals surface area contributed by atoms with Gasteiger partial charge in [0.15, 0.2) is 0 Å². The number of rotatable bonds is 14. The molecule has 0 spiro atoms. The van der Waals surface area contributed by atoms with E-state index in [-0.39, 0.29) is 17.3 Å². The van der Waals surface area contributed by atoms with Crippen LogP contribution in [0, 0.1) is 6.92 Å². The highest BCUT2D eigenvalue weighted by Gasteiger charge is 2.33. The molecule has 0 aromatic heterocycles. The molecule has 1 atom stereocenters. The van der Waals surface area contributed by atoms with E-state index in [2.05, 4.69) is 5.32 Å². The first-order valence-corrected chi connectivity index (χ1v) is 15.4. The van der Waals surface area contributed by atoms with Crippen LogP contribution >= 0.6 is 0 Å². The number of nitrogens with one attached hydrogen (secondary N) is 1. The van der Waals surface area contributed by atoms with Crippen LogP contribution < -0.4 is 9.62 Å². The van der Waals surface area contributed by atoms with Crippen molar-refractivity contribution < 1.29 is 18.0 Å². The van der Waals surface area contributed by atoms with Crippen LogP contribution in [0.2, 0.25) is 0 Å². The lowest BCUT2D eigenvalue weighted by atomic mass is 10.1. The van der Waals surface area contributed by atoms with Crippen molar-refractivity contribution in [1.82, 2.24) is 10.2 Å². The lowest BCUT2D eigenvalue weighted by Gasteiger charge is -2.33. The van der Waals surface area contributed by atoms with E-state index in [0.29, 0.717) is 18.7 Å². The van der Waals surface area contributed by atoms with E-state index in [1.54, 1.807) is 30.3 Å². The molecule has 2 amide bonds. The lowest BCUT2D eigenvalue weighted by Crippen LogP contribution is -2.52. The summed E-state index contributed by atoms with van der Waals surface area (Å²) in [7, 11) is -4.07. The molecule has 7 nitrogen and oxygen atoms in total. The zero-order chi connectivity index (χ0) is 29.1. The fourth-order valence-electron chi connectivity index (χ4n) is 4.54. The summed E-state index contributed by atoms with van der Waals surface area (Å²) in [6.07, 6.45) is 2.98. The van der Waals surface area contributed by atoms with Gasteiger partial charge in [0.25, 0.3) is 10.0 Å². The van der Waals surface area contributed by atoms with Crippen LogP contribution in [-0.4, -0.2) is 44.3 Å². The normalized spacial score (nSPS) is 12.0. The number of sulfonamides is 1. The molecule has 0 saturated carbocycles. The summed E-state index contributed by atoms with van der Waals surface area (Å²) in [6, 6.07) is 22.3. The maximum absolute atomic E-state index is 14.1. The summed E-state index contributed by atoms with van der Waals surface area (Å²) in [5.74, 6) is -0.678. The van der Waals surface area contributed by atoms with Crippen LogP contribution in [-0.2, 0) is 32.6 Å². The summed E-state index contributed by atoms with van der Waals surface area (Å²) in [5.41, 5.74) is 3.35. The first-order chi connectivity index (χ1) is 19.2. The van der Waals surface area contributed by atoms with Gasteiger partial charge in [-0.2, -0.15) is 0 Å². The van der Waals surface area contributed by atoms with Gasteiger partial charge in [0, 0.05) is 13.1 Å². The molecule has 0 bridgehead atoms. The second kappa shape index (κ2) is 14.7. The summed E-state index contributed by atoms with van der Waals surface area (Å²) in [5, 5.41) is 2.96. The highest BCUT2D eigenvalue weighted by Crippen LogP contribution is 2.25. The van der Waals surface area contributed by atoms with E-state index in [4.69, 9.17) is 0 Å². The average molecular weight is 564 g/mol. The summed E-state index contributed by atoms with van der Waals surface area (Å²) >= 11 is 0. The predicted octanol–water partition coefficient (Wildman–Crippen LogP) is 5.48. The van der Waals surface area contributed by atoms with Gasteiger partial charge in [-0.1, -0.05) is 81.8 Å². The first kappa shape index (κ1) is 30.9. The van der Waals surface area contributed by atoms with Crippen molar-refractivity contribution in [3.8, 4) is 0 Å². The fourth-order valence-corrected chi connectivity index (χ4v) is 5.98. The van der Waals surface area contributed by atoms with Gasteiger partial charge >= 0.3 is 0 Å². The Morgan fingerprint density at radius 2 is 1.52 bits per heavy atom. The van der Waals surface area contributed by atoms with Crippen LogP contribution in [0.5, 0.6) is 0 Å². The molecule has 1 N–H and O–H groups in total. The van der Waals surface area contributed by atoms with E-state index in [0.717, 1.165) is 40.3 Å². The third kappa shape index (κ3) is 7.72. The number of unbranched alkanes of at least 4 members (excludes halogenated alkanes) is 1. The molecule has 3 aromatic rings. The van der Waals surface area contributed by atoms with Gasteiger partial charge in [-0.3, -0.25) is 13.9 Å². The van der Waals surface area contributed by atoms with Crippen molar-refractivity contribution in [2.24, 2.45) is 0 Å². The maximum Gasteiger partial charge on any atom is 0.264 e. The Labute approximate surface area is 239 Å².